The second-order valence-corrected chi connectivity index (χ2v) is 8.00. The van der Waals surface area contributed by atoms with Crippen LogP contribution in [0.1, 0.15) is 27.9 Å². The van der Waals surface area contributed by atoms with Crippen LogP contribution in [0, 0.1) is 6.92 Å². The summed E-state index contributed by atoms with van der Waals surface area (Å²) in [5, 5.41) is 0.492. The summed E-state index contributed by atoms with van der Waals surface area (Å²) in [4.78, 5) is 12.4. The zero-order valence-corrected chi connectivity index (χ0v) is 14.2. The zero-order chi connectivity index (χ0) is 16.6. The smallest absolute Gasteiger partial charge is 0.243 e. The van der Waals surface area contributed by atoms with Crippen LogP contribution in [0.5, 0.6) is 0 Å². The minimum atomic E-state index is -3.64. The number of carbonyl (C=O) groups excluding carboxylic acids is 1. The Hall–Kier alpha value is -1.69. The molecule has 0 atom stereocenters. The molecule has 2 aromatic rings. The molecule has 120 valence electrons. The van der Waals surface area contributed by atoms with E-state index in [1.54, 1.807) is 42.5 Å². The van der Waals surface area contributed by atoms with E-state index in [-0.39, 0.29) is 30.2 Å². The number of hydrogen-bond acceptors (Lipinski definition) is 3. The molecular weight excluding hydrogens is 334 g/mol. The molecule has 0 spiro atoms. The molecule has 0 unspecified atom stereocenters. The van der Waals surface area contributed by atoms with Gasteiger partial charge in [-0.1, -0.05) is 29.3 Å². The summed E-state index contributed by atoms with van der Waals surface area (Å²) in [7, 11) is -3.64. The summed E-state index contributed by atoms with van der Waals surface area (Å²) in [5.74, 6) is -0.0572. The molecule has 2 aromatic carbocycles. The Labute approximate surface area is 140 Å². The van der Waals surface area contributed by atoms with Crippen LogP contribution in [0.3, 0.4) is 0 Å². The van der Waals surface area contributed by atoms with Crippen LogP contribution >= 0.6 is 11.6 Å². The lowest BCUT2D eigenvalue weighted by atomic mass is 10.0. The van der Waals surface area contributed by atoms with E-state index in [2.05, 4.69) is 0 Å². The number of rotatable bonds is 2. The van der Waals surface area contributed by atoms with Crippen molar-refractivity contribution < 1.29 is 13.2 Å². The molecule has 0 saturated heterocycles. The highest BCUT2D eigenvalue weighted by Crippen LogP contribution is 2.26. The van der Waals surface area contributed by atoms with Crippen LogP contribution in [0.25, 0.3) is 0 Å². The molecule has 0 bridgehead atoms. The van der Waals surface area contributed by atoms with Crippen molar-refractivity contribution in [1.82, 2.24) is 4.31 Å². The highest BCUT2D eigenvalue weighted by Gasteiger charge is 2.29. The van der Waals surface area contributed by atoms with E-state index in [9.17, 15) is 13.2 Å². The first-order valence-corrected chi connectivity index (χ1v) is 9.08. The quantitative estimate of drug-likeness (QED) is 0.834. The summed E-state index contributed by atoms with van der Waals surface area (Å²) >= 11 is 5.99. The van der Waals surface area contributed by atoms with Crippen LogP contribution in [0.4, 0.5) is 0 Å². The maximum atomic E-state index is 12.8. The number of carbonyl (C=O) groups is 1. The van der Waals surface area contributed by atoms with Gasteiger partial charge in [-0.25, -0.2) is 8.42 Å². The number of sulfonamides is 1. The molecule has 1 aliphatic rings. The molecule has 4 nitrogen and oxygen atoms in total. The first kappa shape index (κ1) is 16.2. The van der Waals surface area contributed by atoms with Crippen molar-refractivity contribution in [2.45, 2.75) is 24.8 Å². The average molecular weight is 350 g/mol. The van der Waals surface area contributed by atoms with Gasteiger partial charge in [0, 0.05) is 30.1 Å². The van der Waals surface area contributed by atoms with Gasteiger partial charge >= 0.3 is 0 Å². The maximum absolute atomic E-state index is 12.8. The first-order chi connectivity index (χ1) is 10.9. The van der Waals surface area contributed by atoms with Gasteiger partial charge in [0.25, 0.3) is 0 Å². The number of fused-ring (bicyclic) bond motifs is 1. The molecule has 0 amide bonds. The SMILES string of the molecule is Cc1ccc(S(=O)(=O)N2CCC(=O)c3ccc(Cl)cc3C2)cc1. The molecule has 0 saturated carbocycles. The van der Waals surface area contributed by atoms with E-state index < -0.39 is 10.0 Å². The number of nitrogens with zero attached hydrogens (tertiary/aromatic N) is 1. The minimum Gasteiger partial charge on any atom is -0.294 e. The Kier molecular flexibility index (Phi) is 4.27. The Morgan fingerprint density at radius 1 is 1.09 bits per heavy atom. The third-order valence-electron chi connectivity index (χ3n) is 3.96. The summed E-state index contributed by atoms with van der Waals surface area (Å²) in [6, 6.07) is 11.7. The van der Waals surface area contributed by atoms with Crippen LogP contribution in [0.15, 0.2) is 47.4 Å². The zero-order valence-electron chi connectivity index (χ0n) is 12.6. The highest BCUT2D eigenvalue weighted by molar-refractivity contribution is 7.89. The lowest BCUT2D eigenvalue weighted by molar-refractivity contribution is 0.0981. The predicted octanol–water partition coefficient (Wildman–Crippen LogP) is 3.43. The van der Waals surface area contributed by atoms with Crippen molar-refractivity contribution >= 4 is 27.4 Å². The van der Waals surface area contributed by atoms with Gasteiger partial charge in [0.1, 0.15) is 0 Å². The normalized spacial score (nSPS) is 16.0. The number of halogens is 1. The molecule has 23 heavy (non-hydrogen) atoms. The van der Waals surface area contributed by atoms with Crippen molar-refractivity contribution in [1.29, 1.82) is 0 Å². The summed E-state index contributed by atoms with van der Waals surface area (Å²) in [5.41, 5.74) is 2.19. The van der Waals surface area contributed by atoms with E-state index in [1.165, 1.54) is 4.31 Å². The molecule has 0 aliphatic carbocycles. The van der Waals surface area contributed by atoms with Crippen LogP contribution in [-0.4, -0.2) is 25.1 Å². The average Bonchev–Trinajstić information content (AvgIpc) is 2.67. The fourth-order valence-corrected chi connectivity index (χ4v) is 4.27. The van der Waals surface area contributed by atoms with Gasteiger partial charge in [-0.15, -0.1) is 0 Å². The molecule has 0 radical (unpaired) electrons. The van der Waals surface area contributed by atoms with Crippen molar-refractivity contribution in [2.75, 3.05) is 6.54 Å². The molecule has 6 heteroatoms. The van der Waals surface area contributed by atoms with Crippen LogP contribution in [0.2, 0.25) is 5.02 Å². The largest absolute Gasteiger partial charge is 0.294 e. The molecule has 3 rings (SSSR count). The third-order valence-corrected chi connectivity index (χ3v) is 6.06. The summed E-state index contributed by atoms with van der Waals surface area (Å²) in [6.07, 6.45) is 0.166. The molecule has 1 heterocycles. The number of hydrogen-bond donors (Lipinski definition) is 0. The van der Waals surface area contributed by atoms with Gasteiger partial charge in [-0.3, -0.25) is 4.79 Å². The van der Waals surface area contributed by atoms with E-state index in [0.717, 1.165) is 5.56 Å². The van der Waals surface area contributed by atoms with Crippen molar-refractivity contribution in [3.8, 4) is 0 Å². The molecule has 1 aliphatic heterocycles. The number of benzene rings is 2. The molecule has 0 aromatic heterocycles. The number of aryl methyl sites for hydroxylation is 1. The van der Waals surface area contributed by atoms with Gasteiger partial charge < -0.3 is 0 Å². The van der Waals surface area contributed by atoms with E-state index in [1.807, 2.05) is 6.92 Å². The number of ketones is 1. The lowest BCUT2D eigenvalue weighted by Crippen LogP contribution is -2.31. The first-order valence-electron chi connectivity index (χ1n) is 7.26. The van der Waals surface area contributed by atoms with Crippen molar-refractivity contribution in [3.05, 3.63) is 64.2 Å². The topological polar surface area (TPSA) is 54.5 Å². The maximum Gasteiger partial charge on any atom is 0.243 e. The van der Waals surface area contributed by atoms with Crippen LogP contribution < -0.4 is 0 Å². The fraction of sp³-hybridized carbons (Fsp3) is 0.235. The highest BCUT2D eigenvalue weighted by atomic mass is 35.5. The van der Waals surface area contributed by atoms with E-state index in [0.29, 0.717) is 16.1 Å². The van der Waals surface area contributed by atoms with E-state index >= 15 is 0 Å². The third kappa shape index (κ3) is 3.17. The second-order valence-electron chi connectivity index (χ2n) is 5.63. The Balaban J connectivity index is 2.00. The van der Waals surface area contributed by atoms with Gasteiger partial charge in [0.15, 0.2) is 5.78 Å². The van der Waals surface area contributed by atoms with Gasteiger partial charge in [-0.2, -0.15) is 4.31 Å². The lowest BCUT2D eigenvalue weighted by Gasteiger charge is -2.20. The van der Waals surface area contributed by atoms with E-state index in [4.69, 9.17) is 11.6 Å². The number of Topliss-reactive ketones (excluding diaryl/α,β-unsaturated/α-hetero) is 1. The van der Waals surface area contributed by atoms with Crippen molar-refractivity contribution in [2.24, 2.45) is 0 Å². The van der Waals surface area contributed by atoms with Gasteiger partial charge in [0.05, 0.1) is 4.90 Å². The molecule has 0 N–H and O–H groups in total. The molecular formula is C17H16ClNO3S. The van der Waals surface area contributed by atoms with Crippen LogP contribution in [-0.2, 0) is 16.6 Å². The summed E-state index contributed by atoms with van der Waals surface area (Å²) in [6.45, 7) is 2.22. The standard InChI is InChI=1S/C17H16ClNO3S/c1-12-2-5-15(6-3-12)23(21,22)19-9-8-17(20)16-7-4-14(18)10-13(16)11-19/h2-7,10H,8-9,11H2,1H3. The van der Waals surface area contributed by atoms with Gasteiger partial charge in [0.2, 0.25) is 10.0 Å². The Morgan fingerprint density at radius 2 is 1.78 bits per heavy atom. The second kappa shape index (κ2) is 6.07. The summed E-state index contributed by atoms with van der Waals surface area (Å²) < 4.78 is 27.0. The molecule has 0 fully saturated rings. The fourth-order valence-electron chi connectivity index (χ4n) is 2.66. The minimum absolute atomic E-state index is 0.0572. The van der Waals surface area contributed by atoms with Crippen molar-refractivity contribution in [3.63, 3.8) is 0 Å². The van der Waals surface area contributed by atoms with Gasteiger partial charge in [-0.05, 0) is 42.8 Å². The monoisotopic (exact) mass is 349 g/mol. The Bertz CT molecular complexity index is 860. The Morgan fingerprint density at radius 3 is 2.48 bits per heavy atom. The predicted molar refractivity (Wildman–Crippen MR) is 89.2 cm³/mol.